The minimum absolute atomic E-state index is 0.0627. The second-order valence-corrected chi connectivity index (χ2v) is 34.9. The van der Waals surface area contributed by atoms with Crippen molar-refractivity contribution in [1.29, 1.82) is 0 Å². The van der Waals surface area contributed by atoms with Crippen molar-refractivity contribution in [2.75, 3.05) is 6.61 Å². The maximum atomic E-state index is 16.8. The Hall–Kier alpha value is -5.57. The van der Waals surface area contributed by atoms with Crippen molar-refractivity contribution in [1.82, 2.24) is 5.32 Å². The quantitative estimate of drug-likeness (QED) is 0.0630. The lowest BCUT2D eigenvalue weighted by Crippen LogP contribution is -2.82. The summed E-state index contributed by atoms with van der Waals surface area (Å²) in [5, 5.41) is 17.8. The van der Waals surface area contributed by atoms with E-state index in [4.69, 9.17) is 32.5 Å². The lowest BCUT2D eigenvalue weighted by molar-refractivity contribution is -0.345. The first kappa shape index (κ1) is 61.5. The number of Topliss-reactive ketones (excluding diaryl/α,β-unsaturated/α-hetero) is 1. The smallest absolute Gasteiger partial charge is 0.338 e. The van der Waals surface area contributed by atoms with Crippen molar-refractivity contribution < 1.29 is 66.4 Å². The molecule has 8 rings (SSSR count). The number of amides is 1. The largest absolute Gasteiger partial charge is 0.456 e. The van der Waals surface area contributed by atoms with Crippen molar-refractivity contribution >= 4 is 58.3 Å². The molecule has 4 bridgehead atoms. The zero-order valence-electron chi connectivity index (χ0n) is 49.8. The van der Waals surface area contributed by atoms with Gasteiger partial charge in [-0.2, -0.15) is 0 Å². The molecule has 2 saturated carbocycles. The Morgan fingerprint density at radius 1 is 0.790 bits per heavy atom. The standard InChI is InChI=1S/C64H85NO14Si2/c1-15-80(16-2,17-3)78-48-35-49-63(37-73-49)55-57(76-59(70)45-30-22-19-23-31-45)64(72)36-47(41(10)51(61(64,12)13)53(74-42(11)66)56(68)62(48,55)14)75-60(71)54(79-81(38(4)5,39(6)7)40(8)9)52(65-58(69)44-28-20-18-21-29-44)46-33-25-24-27-43(46)32-26-34-50(67)77-63/h18-33,38-40,47-49,52-55,57,72H,15-17,34-37H2,1-14H3,(H,65,69)/b32-26+/t47-,48-,49+,52-,53+,54+,55-,57-,62+,63-,64+/m0/s1. The number of carbonyl (C=O) groups is 6. The van der Waals surface area contributed by atoms with Crippen molar-refractivity contribution in [2.24, 2.45) is 16.7 Å². The van der Waals surface area contributed by atoms with Crippen LogP contribution in [0.4, 0.5) is 0 Å². The van der Waals surface area contributed by atoms with E-state index in [1.54, 1.807) is 113 Å². The van der Waals surface area contributed by atoms with Crippen LogP contribution in [0.3, 0.4) is 0 Å². The zero-order valence-corrected chi connectivity index (χ0v) is 51.8. The summed E-state index contributed by atoms with van der Waals surface area (Å²) in [6.45, 7) is 26.5. The summed E-state index contributed by atoms with van der Waals surface area (Å²) in [5.74, 6) is -5.80. The normalized spacial score (nSPS) is 30.7. The maximum absolute atomic E-state index is 16.8. The fourth-order valence-electron chi connectivity index (χ4n) is 14.9. The topological polar surface area (TPSA) is 199 Å². The van der Waals surface area contributed by atoms with Crippen LogP contribution < -0.4 is 5.32 Å². The molecule has 3 fully saturated rings. The van der Waals surface area contributed by atoms with E-state index in [1.807, 2.05) is 12.1 Å². The Labute approximate surface area is 480 Å². The number of ether oxygens (including phenoxy) is 5. The summed E-state index contributed by atoms with van der Waals surface area (Å²) >= 11 is 0. The molecule has 2 aliphatic heterocycles. The molecule has 15 nitrogen and oxygen atoms in total. The SMILES string of the molecule is CC[Si](CC)(CC)O[C@H]1C[C@H]2OC[C@]23OC(=O)C/C=C/c2ccccc2[C@H](NC(=O)c2ccccc2)[C@@H](O[Si](C(C)C)(C(C)C)C(C)C)C(=O)O[C@H]2C[C@@]4(O)[C@@H](OC(=O)c5ccccc5)[C@H]3[C@]1(C)C(=O)[C@H](OC(C)=O)C(=C2C)C4(C)C. The fraction of sp³-hybridized carbons (Fsp3) is 0.562. The lowest BCUT2D eigenvalue weighted by atomic mass is 9.44. The second kappa shape index (κ2) is 23.6. The molecule has 1 spiro atoms. The Morgan fingerprint density at radius 3 is 1.93 bits per heavy atom. The molecule has 3 aromatic carbocycles. The van der Waals surface area contributed by atoms with E-state index in [2.05, 4.69) is 67.6 Å². The highest BCUT2D eigenvalue weighted by molar-refractivity contribution is 6.77. The maximum Gasteiger partial charge on any atom is 0.338 e. The molecule has 0 radical (unpaired) electrons. The van der Waals surface area contributed by atoms with Gasteiger partial charge >= 0.3 is 23.9 Å². The zero-order chi connectivity index (χ0) is 59.2. The molecule has 3 aliphatic carbocycles. The number of hydrogen-bond acceptors (Lipinski definition) is 14. The van der Waals surface area contributed by atoms with Gasteiger partial charge in [0.1, 0.15) is 23.9 Å². The molecule has 438 valence electrons. The van der Waals surface area contributed by atoms with E-state index in [9.17, 15) is 14.7 Å². The van der Waals surface area contributed by atoms with Crippen molar-refractivity contribution in [2.45, 2.75) is 205 Å². The molecule has 0 aromatic heterocycles. The van der Waals surface area contributed by atoms with E-state index in [0.717, 1.165) is 0 Å². The number of hydrogen-bond donors (Lipinski definition) is 2. The summed E-state index contributed by atoms with van der Waals surface area (Å²) in [7, 11) is -5.82. The first-order chi connectivity index (χ1) is 38.2. The Bertz CT molecular complexity index is 2890. The first-order valence-corrected chi connectivity index (χ1v) is 33.8. The van der Waals surface area contributed by atoms with Crippen LogP contribution in [0.1, 0.15) is 154 Å². The number of rotatable bonds is 15. The highest BCUT2D eigenvalue weighted by Gasteiger charge is 2.79. The molecule has 3 aromatic rings. The van der Waals surface area contributed by atoms with E-state index in [0.29, 0.717) is 40.4 Å². The lowest BCUT2D eigenvalue weighted by Gasteiger charge is -2.68. The predicted octanol–water partition coefficient (Wildman–Crippen LogP) is 11.4. The van der Waals surface area contributed by atoms with E-state index >= 15 is 19.2 Å². The summed E-state index contributed by atoms with van der Waals surface area (Å²) in [6, 6.07) is 25.0. The van der Waals surface area contributed by atoms with Crippen LogP contribution in [-0.4, -0.2) is 112 Å². The third-order valence-electron chi connectivity index (χ3n) is 19.5. The highest BCUT2D eigenvalue weighted by Crippen LogP contribution is 2.65. The van der Waals surface area contributed by atoms with Gasteiger partial charge in [-0.3, -0.25) is 19.2 Å². The fourth-order valence-corrected chi connectivity index (χ4v) is 23.3. The number of esters is 4. The van der Waals surface area contributed by atoms with Crippen LogP contribution in [-0.2, 0) is 51.7 Å². The number of aliphatic hydroxyl groups is 1. The van der Waals surface area contributed by atoms with Gasteiger partial charge in [0, 0.05) is 30.7 Å². The molecule has 2 heterocycles. The van der Waals surface area contributed by atoms with Crippen molar-refractivity contribution in [3.63, 3.8) is 0 Å². The van der Waals surface area contributed by atoms with Gasteiger partial charge in [-0.1, -0.05) is 149 Å². The van der Waals surface area contributed by atoms with E-state index < -0.39 is 129 Å². The number of nitrogens with one attached hydrogen (secondary N) is 1. The van der Waals surface area contributed by atoms with Crippen LogP contribution in [0.25, 0.3) is 6.08 Å². The van der Waals surface area contributed by atoms with Gasteiger partial charge < -0.3 is 43.0 Å². The Morgan fingerprint density at radius 2 is 1.37 bits per heavy atom. The average molecular weight is 1150 g/mol. The van der Waals surface area contributed by atoms with Crippen molar-refractivity contribution in [3.8, 4) is 0 Å². The van der Waals surface area contributed by atoms with Crippen molar-refractivity contribution in [3.05, 3.63) is 124 Å². The molecule has 81 heavy (non-hydrogen) atoms. The molecule has 17 heteroatoms. The van der Waals surface area contributed by atoms with Crippen LogP contribution >= 0.6 is 0 Å². The van der Waals surface area contributed by atoms with Gasteiger partial charge in [-0.15, -0.1) is 0 Å². The summed E-state index contributed by atoms with van der Waals surface area (Å²) in [6.07, 6.45) is -5.66. The third-order valence-corrected chi connectivity index (χ3v) is 30.2. The molecule has 5 aliphatic rings. The summed E-state index contributed by atoms with van der Waals surface area (Å²) < 4.78 is 48.6. The predicted molar refractivity (Wildman–Crippen MR) is 312 cm³/mol. The minimum Gasteiger partial charge on any atom is -0.456 e. The van der Waals surface area contributed by atoms with Gasteiger partial charge in [-0.05, 0) is 95.1 Å². The second-order valence-electron chi connectivity index (χ2n) is 24.8. The third kappa shape index (κ3) is 10.7. The first-order valence-electron chi connectivity index (χ1n) is 29.1. The molecular weight excluding hydrogens is 1060 g/mol. The number of benzene rings is 3. The molecule has 1 saturated heterocycles. The van der Waals surface area contributed by atoms with Gasteiger partial charge in [0.2, 0.25) is 8.32 Å². The van der Waals surface area contributed by atoms with E-state index in [1.165, 1.54) is 6.92 Å². The average Bonchev–Trinajstić information content (AvgIpc) is 0.893. The Kier molecular flexibility index (Phi) is 17.9. The van der Waals surface area contributed by atoms with Crippen LogP contribution in [0.5, 0.6) is 0 Å². The summed E-state index contributed by atoms with van der Waals surface area (Å²) in [5.41, 5.74) is -5.80. The molecule has 1 amide bonds. The monoisotopic (exact) mass is 1150 g/mol. The van der Waals surface area contributed by atoms with Gasteiger partial charge in [0.15, 0.2) is 31.9 Å². The molecule has 11 atom stereocenters. The van der Waals surface area contributed by atoms with Gasteiger partial charge in [0.05, 0.1) is 42.1 Å². The Balaban J connectivity index is 1.47. The minimum atomic E-state index is -3.13. The van der Waals surface area contributed by atoms with Gasteiger partial charge in [-0.25, -0.2) is 9.59 Å². The van der Waals surface area contributed by atoms with Crippen LogP contribution in [0.2, 0.25) is 34.8 Å². The number of fused-ring (bicyclic) bond motifs is 3. The van der Waals surface area contributed by atoms with Crippen LogP contribution in [0, 0.1) is 16.7 Å². The molecular formula is C64H85NO14Si2. The number of ketones is 1. The van der Waals surface area contributed by atoms with E-state index in [-0.39, 0.29) is 47.2 Å². The van der Waals surface area contributed by atoms with Crippen LogP contribution in [0.15, 0.2) is 102 Å². The van der Waals surface area contributed by atoms with Gasteiger partial charge in [0.25, 0.3) is 5.91 Å². The molecule has 0 unspecified atom stereocenters. The summed E-state index contributed by atoms with van der Waals surface area (Å²) in [4.78, 5) is 91.7. The number of carbonyl (C=O) groups excluding carboxylic acids is 6. The molecule has 2 N–H and O–H groups in total. The highest BCUT2D eigenvalue weighted by atomic mass is 28.4.